The molecule has 0 bridgehead atoms. The van der Waals surface area contributed by atoms with Gasteiger partial charge in [0.15, 0.2) is 6.10 Å². The van der Waals surface area contributed by atoms with Crippen molar-refractivity contribution in [2.45, 2.75) is 32.4 Å². The Hall–Kier alpha value is -1.55. The summed E-state index contributed by atoms with van der Waals surface area (Å²) < 4.78 is 5.48. The minimum Gasteiger partial charge on any atom is -0.481 e. The van der Waals surface area contributed by atoms with E-state index in [2.05, 4.69) is 5.32 Å². The lowest BCUT2D eigenvalue weighted by molar-refractivity contribution is -0.126. The van der Waals surface area contributed by atoms with Crippen LogP contribution in [0.5, 0.6) is 5.75 Å². The lowest BCUT2D eigenvalue weighted by Gasteiger charge is -2.14. The van der Waals surface area contributed by atoms with E-state index in [-0.39, 0.29) is 11.9 Å². The van der Waals surface area contributed by atoms with Crippen molar-refractivity contribution in [2.24, 2.45) is 5.73 Å². The van der Waals surface area contributed by atoms with Gasteiger partial charge in [-0.1, -0.05) is 19.1 Å². The van der Waals surface area contributed by atoms with Crippen LogP contribution in [0.4, 0.5) is 0 Å². The van der Waals surface area contributed by atoms with Gasteiger partial charge in [-0.3, -0.25) is 4.79 Å². The maximum atomic E-state index is 11.3. The average molecular weight is 236 g/mol. The SMILES string of the molecule is CC[C@@H](N)c1ccc(OC(C)C(=O)NC)cc1. The highest BCUT2D eigenvalue weighted by atomic mass is 16.5. The van der Waals surface area contributed by atoms with E-state index in [0.717, 1.165) is 12.0 Å². The van der Waals surface area contributed by atoms with E-state index in [1.807, 2.05) is 31.2 Å². The van der Waals surface area contributed by atoms with Crippen molar-refractivity contribution in [3.63, 3.8) is 0 Å². The summed E-state index contributed by atoms with van der Waals surface area (Å²) in [6.07, 6.45) is 0.403. The largest absolute Gasteiger partial charge is 0.481 e. The maximum Gasteiger partial charge on any atom is 0.260 e. The number of likely N-dealkylation sites (N-methyl/N-ethyl adjacent to an activating group) is 1. The molecule has 0 saturated heterocycles. The summed E-state index contributed by atoms with van der Waals surface area (Å²) in [6.45, 7) is 3.76. The van der Waals surface area contributed by atoms with E-state index in [9.17, 15) is 4.79 Å². The first-order chi connectivity index (χ1) is 8.08. The van der Waals surface area contributed by atoms with Crippen molar-refractivity contribution in [1.29, 1.82) is 0 Å². The predicted octanol–water partition coefficient (Wildman–Crippen LogP) is 1.61. The van der Waals surface area contributed by atoms with Gasteiger partial charge in [-0.25, -0.2) is 0 Å². The van der Waals surface area contributed by atoms with Crippen LogP contribution >= 0.6 is 0 Å². The third-order valence-corrected chi connectivity index (χ3v) is 2.68. The molecule has 0 aliphatic carbocycles. The predicted molar refractivity (Wildman–Crippen MR) is 67.8 cm³/mol. The highest BCUT2D eigenvalue weighted by Crippen LogP contribution is 2.19. The molecule has 1 unspecified atom stereocenters. The van der Waals surface area contributed by atoms with Crippen molar-refractivity contribution in [3.8, 4) is 5.75 Å². The molecule has 0 spiro atoms. The second kappa shape index (κ2) is 6.25. The van der Waals surface area contributed by atoms with Crippen molar-refractivity contribution >= 4 is 5.91 Å². The lowest BCUT2D eigenvalue weighted by atomic mass is 10.1. The Morgan fingerprint density at radius 3 is 2.47 bits per heavy atom. The van der Waals surface area contributed by atoms with Gasteiger partial charge >= 0.3 is 0 Å². The lowest BCUT2D eigenvalue weighted by Crippen LogP contribution is -2.33. The van der Waals surface area contributed by atoms with Gasteiger partial charge in [-0.15, -0.1) is 0 Å². The minimum absolute atomic E-state index is 0.0559. The van der Waals surface area contributed by atoms with E-state index in [4.69, 9.17) is 10.5 Å². The van der Waals surface area contributed by atoms with Gasteiger partial charge in [0, 0.05) is 13.1 Å². The normalized spacial score (nSPS) is 13.9. The summed E-state index contributed by atoms with van der Waals surface area (Å²) >= 11 is 0. The number of hydrogen-bond acceptors (Lipinski definition) is 3. The number of benzene rings is 1. The van der Waals surface area contributed by atoms with Crippen molar-refractivity contribution < 1.29 is 9.53 Å². The van der Waals surface area contributed by atoms with Crippen LogP contribution in [-0.2, 0) is 4.79 Å². The van der Waals surface area contributed by atoms with Gasteiger partial charge in [0.05, 0.1) is 0 Å². The zero-order valence-corrected chi connectivity index (χ0v) is 10.6. The average Bonchev–Trinajstić information content (AvgIpc) is 2.37. The highest BCUT2D eigenvalue weighted by molar-refractivity contribution is 5.80. The molecule has 3 N–H and O–H groups in total. The fourth-order valence-corrected chi connectivity index (χ4v) is 1.49. The monoisotopic (exact) mass is 236 g/mol. The van der Waals surface area contributed by atoms with Crippen LogP contribution < -0.4 is 15.8 Å². The molecule has 4 heteroatoms. The molecule has 1 rings (SSSR count). The first-order valence-corrected chi connectivity index (χ1v) is 5.82. The van der Waals surface area contributed by atoms with Gasteiger partial charge in [-0.2, -0.15) is 0 Å². The Bertz CT molecular complexity index is 362. The number of nitrogens with one attached hydrogen (secondary N) is 1. The Kier molecular flexibility index (Phi) is 4.97. The van der Waals surface area contributed by atoms with Crippen LogP contribution in [0.25, 0.3) is 0 Å². The van der Waals surface area contributed by atoms with Gasteiger partial charge in [-0.05, 0) is 31.0 Å². The Morgan fingerprint density at radius 2 is 2.00 bits per heavy atom. The van der Waals surface area contributed by atoms with Gasteiger partial charge < -0.3 is 15.8 Å². The second-order valence-electron chi connectivity index (χ2n) is 3.96. The molecule has 17 heavy (non-hydrogen) atoms. The standard InChI is InChI=1S/C13H20N2O2/c1-4-12(14)10-5-7-11(8-6-10)17-9(2)13(16)15-3/h5-9,12H,4,14H2,1-3H3,(H,15,16)/t9?,12-/m1/s1. The molecule has 0 aliphatic rings. The van der Waals surface area contributed by atoms with Crippen LogP contribution in [0.15, 0.2) is 24.3 Å². The molecule has 4 nitrogen and oxygen atoms in total. The summed E-state index contributed by atoms with van der Waals surface area (Å²) in [5.74, 6) is 0.535. The Labute approximate surface area is 102 Å². The summed E-state index contributed by atoms with van der Waals surface area (Å²) in [5, 5.41) is 2.54. The molecule has 94 valence electrons. The third kappa shape index (κ3) is 3.75. The molecule has 0 aromatic heterocycles. The molecule has 0 radical (unpaired) electrons. The molecular weight excluding hydrogens is 216 g/mol. The molecule has 0 heterocycles. The van der Waals surface area contributed by atoms with Crippen LogP contribution in [-0.4, -0.2) is 19.1 Å². The van der Waals surface area contributed by atoms with Crippen molar-refractivity contribution in [3.05, 3.63) is 29.8 Å². The molecule has 0 aliphatic heterocycles. The first-order valence-electron chi connectivity index (χ1n) is 5.82. The van der Waals surface area contributed by atoms with Gasteiger partial charge in [0.25, 0.3) is 5.91 Å². The molecule has 0 saturated carbocycles. The number of rotatable bonds is 5. The minimum atomic E-state index is -0.495. The summed E-state index contributed by atoms with van der Waals surface area (Å²) in [7, 11) is 1.59. The van der Waals surface area contributed by atoms with Crippen molar-refractivity contribution in [1.82, 2.24) is 5.32 Å². The summed E-state index contributed by atoms with van der Waals surface area (Å²) in [5.41, 5.74) is 6.99. The van der Waals surface area contributed by atoms with Crippen LogP contribution in [0, 0.1) is 0 Å². The Balaban J connectivity index is 2.65. The van der Waals surface area contributed by atoms with Gasteiger partial charge in [0.2, 0.25) is 0 Å². The fraction of sp³-hybridized carbons (Fsp3) is 0.462. The maximum absolute atomic E-state index is 11.3. The Morgan fingerprint density at radius 1 is 1.41 bits per heavy atom. The van der Waals surface area contributed by atoms with Crippen LogP contribution in [0.1, 0.15) is 31.9 Å². The number of carbonyl (C=O) groups is 1. The molecule has 0 fully saturated rings. The quantitative estimate of drug-likeness (QED) is 0.816. The summed E-state index contributed by atoms with van der Waals surface area (Å²) in [4.78, 5) is 11.3. The van der Waals surface area contributed by atoms with E-state index < -0.39 is 6.10 Å². The number of amides is 1. The fourth-order valence-electron chi connectivity index (χ4n) is 1.49. The molecule has 1 amide bonds. The second-order valence-corrected chi connectivity index (χ2v) is 3.96. The number of ether oxygens (including phenoxy) is 1. The van der Waals surface area contributed by atoms with E-state index in [1.54, 1.807) is 14.0 Å². The topological polar surface area (TPSA) is 64.3 Å². The van der Waals surface area contributed by atoms with E-state index >= 15 is 0 Å². The molecule has 1 aromatic carbocycles. The smallest absolute Gasteiger partial charge is 0.260 e. The summed E-state index contributed by atoms with van der Waals surface area (Å²) in [6, 6.07) is 7.59. The van der Waals surface area contributed by atoms with E-state index in [0.29, 0.717) is 5.75 Å². The zero-order chi connectivity index (χ0) is 12.8. The number of nitrogens with two attached hydrogens (primary N) is 1. The molecule has 2 atom stereocenters. The van der Waals surface area contributed by atoms with Crippen LogP contribution in [0.3, 0.4) is 0 Å². The molecular formula is C13H20N2O2. The van der Waals surface area contributed by atoms with Crippen molar-refractivity contribution in [2.75, 3.05) is 7.05 Å². The number of hydrogen-bond donors (Lipinski definition) is 2. The van der Waals surface area contributed by atoms with Gasteiger partial charge in [0.1, 0.15) is 5.75 Å². The number of carbonyl (C=O) groups excluding carboxylic acids is 1. The van der Waals surface area contributed by atoms with E-state index in [1.165, 1.54) is 0 Å². The zero-order valence-electron chi connectivity index (χ0n) is 10.6. The van der Waals surface area contributed by atoms with Crippen LogP contribution in [0.2, 0.25) is 0 Å². The first kappa shape index (κ1) is 13.5. The molecule has 1 aromatic rings. The highest BCUT2D eigenvalue weighted by Gasteiger charge is 2.12. The third-order valence-electron chi connectivity index (χ3n) is 2.68.